The van der Waals surface area contributed by atoms with Gasteiger partial charge >= 0.3 is 5.97 Å². The van der Waals surface area contributed by atoms with Gasteiger partial charge in [0.1, 0.15) is 4.88 Å². The number of amides is 1. The topological polar surface area (TPSA) is 79.7 Å². The van der Waals surface area contributed by atoms with E-state index < -0.39 is 5.97 Å². The number of ether oxygens (including phenoxy) is 1. The molecule has 0 unspecified atom stereocenters. The number of nitrogens with zero attached hydrogens (tertiary/aromatic N) is 2. The first kappa shape index (κ1) is 18.3. The van der Waals surface area contributed by atoms with Crippen molar-refractivity contribution in [1.29, 1.82) is 0 Å². The predicted molar refractivity (Wildman–Crippen MR) is 95.2 cm³/mol. The molecule has 0 spiro atoms. The largest absolute Gasteiger partial charge is 0.481 e. The first-order valence-electron chi connectivity index (χ1n) is 9.14. The zero-order valence-corrected chi connectivity index (χ0v) is 15.5. The summed E-state index contributed by atoms with van der Waals surface area (Å²) < 4.78 is 5.39. The van der Waals surface area contributed by atoms with Gasteiger partial charge in [-0.15, -0.1) is 11.3 Å². The van der Waals surface area contributed by atoms with Crippen molar-refractivity contribution >= 4 is 23.2 Å². The molecule has 0 atom stereocenters. The Labute approximate surface area is 152 Å². The maximum Gasteiger partial charge on any atom is 0.305 e. The van der Waals surface area contributed by atoms with Crippen molar-refractivity contribution in [2.75, 3.05) is 19.8 Å². The van der Waals surface area contributed by atoms with Crippen LogP contribution >= 0.6 is 11.3 Å². The van der Waals surface area contributed by atoms with Gasteiger partial charge < -0.3 is 14.7 Å². The molecule has 6 nitrogen and oxygen atoms in total. The zero-order valence-electron chi connectivity index (χ0n) is 14.7. The van der Waals surface area contributed by atoms with Gasteiger partial charge in [0.25, 0.3) is 5.91 Å². The van der Waals surface area contributed by atoms with E-state index in [1.807, 2.05) is 6.92 Å². The quantitative estimate of drug-likeness (QED) is 0.836. The van der Waals surface area contributed by atoms with Gasteiger partial charge in [-0.25, -0.2) is 4.98 Å². The fourth-order valence-electron chi connectivity index (χ4n) is 3.76. The second-order valence-corrected chi connectivity index (χ2v) is 7.96. The number of carboxylic acids is 1. The van der Waals surface area contributed by atoms with Gasteiger partial charge in [0.2, 0.25) is 0 Å². The number of carbonyl (C=O) groups is 2. The Morgan fingerprint density at radius 2 is 1.92 bits per heavy atom. The highest BCUT2D eigenvalue weighted by Gasteiger charge is 2.30. The number of carboxylic acid groups (broad SMARTS) is 1. The van der Waals surface area contributed by atoms with E-state index in [9.17, 15) is 9.59 Å². The summed E-state index contributed by atoms with van der Waals surface area (Å²) in [5.41, 5.74) is 0.782. The molecule has 7 heteroatoms. The van der Waals surface area contributed by atoms with Crippen LogP contribution in [-0.4, -0.2) is 52.7 Å². The molecule has 0 radical (unpaired) electrons. The van der Waals surface area contributed by atoms with E-state index in [4.69, 9.17) is 9.84 Å². The fourth-order valence-corrected chi connectivity index (χ4v) is 4.95. The normalized spacial score (nSPS) is 19.2. The Kier molecular flexibility index (Phi) is 6.06. The van der Waals surface area contributed by atoms with Gasteiger partial charge in [0.05, 0.1) is 17.1 Å². The number of carbonyl (C=O) groups excluding carboxylic acids is 1. The van der Waals surface area contributed by atoms with Crippen LogP contribution in [0.15, 0.2) is 0 Å². The summed E-state index contributed by atoms with van der Waals surface area (Å²) in [7, 11) is 0. The molecule has 2 aliphatic rings. The van der Waals surface area contributed by atoms with Crippen LogP contribution in [0.3, 0.4) is 0 Å². The zero-order chi connectivity index (χ0) is 17.8. The number of thiazole rings is 1. The number of aryl methyl sites for hydroxylation is 1. The molecule has 1 aliphatic heterocycles. The Morgan fingerprint density at radius 1 is 1.24 bits per heavy atom. The summed E-state index contributed by atoms with van der Waals surface area (Å²) in [6.07, 6.45) is 6.28. The molecule has 1 N–H and O–H groups in total. The molecule has 3 rings (SSSR count). The van der Waals surface area contributed by atoms with Crippen molar-refractivity contribution in [1.82, 2.24) is 9.88 Å². The molecular weight excluding hydrogens is 340 g/mol. The average Bonchev–Trinajstić information content (AvgIpc) is 3.25. The minimum absolute atomic E-state index is 0.0313. The second kappa shape index (κ2) is 8.27. The van der Waals surface area contributed by atoms with Gasteiger partial charge in [-0.2, -0.15) is 0 Å². The molecule has 1 aliphatic carbocycles. The van der Waals surface area contributed by atoms with Gasteiger partial charge in [-0.1, -0.05) is 12.8 Å². The molecule has 2 fully saturated rings. The van der Waals surface area contributed by atoms with Gasteiger partial charge in [-0.3, -0.25) is 9.59 Å². The van der Waals surface area contributed by atoms with E-state index in [-0.39, 0.29) is 24.9 Å². The van der Waals surface area contributed by atoms with Crippen molar-refractivity contribution in [3.63, 3.8) is 0 Å². The summed E-state index contributed by atoms with van der Waals surface area (Å²) in [5, 5.41) is 10.1. The van der Waals surface area contributed by atoms with E-state index in [1.165, 1.54) is 24.2 Å². The lowest BCUT2D eigenvalue weighted by Gasteiger charge is -2.34. The number of rotatable bonds is 6. The first-order valence-corrected chi connectivity index (χ1v) is 9.95. The predicted octanol–water partition coefficient (Wildman–Crippen LogP) is 3.21. The Hall–Kier alpha value is -1.47. The van der Waals surface area contributed by atoms with Crippen molar-refractivity contribution in [2.24, 2.45) is 0 Å². The van der Waals surface area contributed by atoms with E-state index in [0.29, 0.717) is 24.0 Å². The van der Waals surface area contributed by atoms with Crippen LogP contribution in [0.5, 0.6) is 0 Å². The van der Waals surface area contributed by atoms with E-state index >= 15 is 0 Å². The summed E-state index contributed by atoms with van der Waals surface area (Å²) in [6, 6.07) is 0.0528. The maximum absolute atomic E-state index is 13.2. The number of aliphatic carboxylic acids is 1. The average molecular weight is 366 g/mol. The van der Waals surface area contributed by atoms with Crippen LogP contribution in [0.2, 0.25) is 0 Å². The molecule has 0 bridgehead atoms. The molecule has 2 heterocycles. The van der Waals surface area contributed by atoms with Crippen molar-refractivity contribution in [3.8, 4) is 0 Å². The summed E-state index contributed by atoms with van der Waals surface area (Å²) in [4.78, 5) is 31.3. The summed E-state index contributed by atoms with van der Waals surface area (Å²) in [5.74, 6) is -0.453. The minimum Gasteiger partial charge on any atom is -0.481 e. The number of aromatic nitrogens is 1. The van der Waals surface area contributed by atoms with Crippen molar-refractivity contribution < 1.29 is 19.4 Å². The van der Waals surface area contributed by atoms with E-state index in [1.54, 1.807) is 4.90 Å². The molecule has 1 aromatic rings. The van der Waals surface area contributed by atoms with Crippen LogP contribution in [0.25, 0.3) is 0 Å². The molecule has 0 aromatic carbocycles. The maximum atomic E-state index is 13.2. The van der Waals surface area contributed by atoms with Crippen LogP contribution in [0.1, 0.15) is 71.2 Å². The third-order valence-electron chi connectivity index (χ3n) is 5.17. The third kappa shape index (κ3) is 4.39. The third-order valence-corrected chi connectivity index (χ3v) is 6.48. The fraction of sp³-hybridized carbons (Fsp3) is 0.722. The van der Waals surface area contributed by atoms with Gasteiger partial charge in [-0.05, 0) is 32.6 Å². The molecule has 1 saturated heterocycles. The Morgan fingerprint density at radius 3 is 2.56 bits per heavy atom. The highest BCUT2D eigenvalue weighted by molar-refractivity contribution is 7.13. The lowest BCUT2D eigenvalue weighted by molar-refractivity contribution is -0.137. The minimum atomic E-state index is -0.877. The summed E-state index contributed by atoms with van der Waals surface area (Å²) >= 11 is 1.51. The number of hydrogen-bond donors (Lipinski definition) is 1. The van der Waals surface area contributed by atoms with Crippen LogP contribution in [-0.2, 0) is 9.53 Å². The van der Waals surface area contributed by atoms with Gasteiger partial charge in [0, 0.05) is 31.7 Å². The second-order valence-electron chi connectivity index (χ2n) is 6.93. The van der Waals surface area contributed by atoms with Crippen LogP contribution in [0, 0.1) is 6.92 Å². The van der Waals surface area contributed by atoms with Crippen LogP contribution in [0.4, 0.5) is 0 Å². The van der Waals surface area contributed by atoms with E-state index in [2.05, 4.69) is 4.98 Å². The standard InChI is InChI=1S/C18H26N2O4S/c1-12-16(25-17(19-12)13-4-2-3-5-13)18(23)20(9-6-15(21)22)14-7-10-24-11-8-14/h13-14H,2-11H2,1H3,(H,21,22). The van der Waals surface area contributed by atoms with Crippen LogP contribution < -0.4 is 0 Å². The SMILES string of the molecule is Cc1nc(C2CCCC2)sc1C(=O)N(CCC(=O)O)C1CCOCC1. The Balaban J connectivity index is 1.79. The molecule has 1 amide bonds. The lowest BCUT2D eigenvalue weighted by atomic mass is 10.1. The van der Waals surface area contributed by atoms with Crippen molar-refractivity contribution in [2.45, 2.75) is 63.8 Å². The highest BCUT2D eigenvalue weighted by atomic mass is 32.1. The van der Waals surface area contributed by atoms with E-state index in [0.717, 1.165) is 36.4 Å². The molecular formula is C18H26N2O4S. The Bertz CT molecular complexity index is 619. The first-order chi connectivity index (χ1) is 12.1. The monoisotopic (exact) mass is 366 g/mol. The summed E-state index contributed by atoms with van der Waals surface area (Å²) in [6.45, 7) is 3.38. The highest BCUT2D eigenvalue weighted by Crippen LogP contribution is 2.37. The molecule has 25 heavy (non-hydrogen) atoms. The lowest BCUT2D eigenvalue weighted by Crippen LogP contribution is -2.44. The molecule has 138 valence electrons. The van der Waals surface area contributed by atoms with Crippen molar-refractivity contribution in [3.05, 3.63) is 15.6 Å². The van der Waals surface area contributed by atoms with Gasteiger partial charge in [0.15, 0.2) is 0 Å². The smallest absolute Gasteiger partial charge is 0.305 e. The molecule has 1 aromatic heterocycles. The molecule has 1 saturated carbocycles. The number of hydrogen-bond acceptors (Lipinski definition) is 5.